The molecule has 0 aliphatic heterocycles. The number of aryl methyl sites for hydroxylation is 1. The van der Waals surface area contributed by atoms with Crippen LogP contribution in [0.15, 0.2) is 10.9 Å². The van der Waals surface area contributed by atoms with Gasteiger partial charge >= 0.3 is 0 Å². The minimum Gasteiger partial charge on any atom is -0.380 e. The van der Waals surface area contributed by atoms with Gasteiger partial charge in [0.05, 0.1) is 12.6 Å². The number of ether oxygens (including phenoxy) is 1. The summed E-state index contributed by atoms with van der Waals surface area (Å²) in [6.07, 6.45) is 0. The van der Waals surface area contributed by atoms with Gasteiger partial charge in [0.2, 0.25) is 0 Å². The zero-order valence-electron chi connectivity index (χ0n) is 12.5. The van der Waals surface area contributed by atoms with Gasteiger partial charge in [-0.1, -0.05) is 13.8 Å². The van der Waals surface area contributed by atoms with Crippen LogP contribution in [0.5, 0.6) is 0 Å². The van der Waals surface area contributed by atoms with Crippen molar-refractivity contribution in [2.45, 2.75) is 46.7 Å². The van der Waals surface area contributed by atoms with Crippen LogP contribution in [0.25, 0.3) is 0 Å². The second-order valence-electron chi connectivity index (χ2n) is 5.17. The van der Waals surface area contributed by atoms with E-state index in [1.807, 2.05) is 20.8 Å². The lowest BCUT2D eigenvalue weighted by atomic mass is 10.0. The molecule has 19 heavy (non-hydrogen) atoms. The lowest BCUT2D eigenvalue weighted by Gasteiger charge is -2.25. The van der Waals surface area contributed by atoms with Gasteiger partial charge < -0.3 is 15.0 Å². The summed E-state index contributed by atoms with van der Waals surface area (Å²) in [6, 6.07) is 1.72. The van der Waals surface area contributed by atoms with Crippen LogP contribution in [0.4, 0.5) is 0 Å². The molecule has 1 aromatic heterocycles. The van der Waals surface area contributed by atoms with Gasteiger partial charge in [0, 0.05) is 24.4 Å². The Bertz CT molecular complexity index is 443. The van der Waals surface area contributed by atoms with Gasteiger partial charge in [0.25, 0.3) is 5.56 Å². The third kappa shape index (κ3) is 5.12. The SMILES string of the molecule is CCOCC(NC(C)c1nc(C)cc(=O)[nH]1)C(C)C. The highest BCUT2D eigenvalue weighted by Gasteiger charge is 2.18. The molecule has 2 atom stereocenters. The molecule has 0 amide bonds. The molecule has 108 valence electrons. The second-order valence-corrected chi connectivity index (χ2v) is 5.17. The molecule has 1 rings (SSSR count). The molecule has 0 aliphatic carbocycles. The molecule has 2 unspecified atom stereocenters. The van der Waals surface area contributed by atoms with Crippen LogP contribution in [0.1, 0.15) is 45.3 Å². The molecular weight excluding hydrogens is 242 g/mol. The smallest absolute Gasteiger partial charge is 0.251 e. The van der Waals surface area contributed by atoms with Gasteiger partial charge in [-0.25, -0.2) is 4.98 Å². The average Bonchev–Trinajstić information content (AvgIpc) is 2.32. The van der Waals surface area contributed by atoms with Crippen LogP contribution in [0.3, 0.4) is 0 Å². The zero-order chi connectivity index (χ0) is 14.4. The summed E-state index contributed by atoms with van der Waals surface area (Å²) in [6.45, 7) is 11.5. The maximum absolute atomic E-state index is 11.5. The van der Waals surface area contributed by atoms with Gasteiger partial charge in [0.1, 0.15) is 5.82 Å². The summed E-state index contributed by atoms with van der Waals surface area (Å²) < 4.78 is 5.49. The monoisotopic (exact) mass is 267 g/mol. The van der Waals surface area contributed by atoms with E-state index in [9.17, 15) is 4.79 Å². The molecule has 5 nitrogen and oxygen atoms in total. The van der Waals surface area contributed by atoms with E-state index in [0.29, 0.717) is 25.0 Å². The van der Waals surface area contributed by atoms with Gasteiger partial charge in [-0.05, 0) is 26.7 Å². The van der Waals surface area contributed by atoms with Gasteiger partial charge in [-0.15, -0.1) is 0 Å². The first-order valence-corrected chi connectivity index (χ1v) is 6.85. The summed E-state index contributed by atoms with van der Waals surface area (Å²) in [5.74, 6) is 1.12. The van der Waals surface area contributed by atoms with E-state index < -0.39 is 0 Å². The van der Waals surface area contributed by atoms with Gasteiger partial charge in [-0.3, -0.25) is 4.79 Å². The van der Waals surface area contributed by atoms with Crippen molar-refractivity contribution in [3.05, 3.63) is 27.9 Å². The van der Waals surface area contributed by atoms with Crippen LogP contribution in [0, 0.1) is 12.8 Å². The summed E-state index contributed by atoms with van der Waals surface area (Å²) in [5, 5.41) is 3.46. The van der Waals surface area contributed by atoms with Crippen molar-refractivity contribution < 1.29 is 4.74 Å². The zero-order valence-corrected chi connectivity index (χ0v) is 12.5. The minimum atomic E-state index is -0.109. The Balaban J connectivity index is 2.75. The number of hydrogen-bond donors (Lipinski definition) is 2. The normalized spacial score (nSPS) is 14.6. The van der Waals surface area contributed by atoms with Crippen LogP contribution in [-0.4, -0.2) is 29.2 Å². The summed E-state index contributed by atoms with van der Waals surface area (Å²) >= 11 is 0. The highest BCUT2D eigenvalue weighted by molar-refractivity contribution is 5.03. The van der Waals surface area contributed by atoms with E-state index in [1.54, 1.807) is 0 Å². The van der Waals surface area contributed by atoms with Crippen LogP contribution >= 0.6 is 0 Å². The molecule has 0 radical (unpaired) electrons. The first kappa shape index (κ1) is 15.9. The molecule has 0 aromatic carbocycles. The van der Waals surface area contributed by atoms with E-state index in [4.69, 9.17) is 4.74 Å². The van der Waals surface area contributed by atoms with Crippen molar-refractivity contribution in [3.8, 4) is 0 Å². The molecule has 5 heteroatoms. The Hall–Kier alpha value is -1.20. The largest absolute Gasteiger partial charge is 0.380 e. The second kappa shape index (κ2) is 7.40. The predicted octanol–water partition coefficient (Wildman–Crippen LogP) is 1.79. The number of rotatable bonds is 7. The third-order valence-corrected chi connectivity index (χ3v) is 3.07. The van der Waals surface area contributed by atoms with Crippen LogP contribution in [-0.2, 0) is 4.74 Å². The maximum atomic E-state index is 11.5. The fourth-order valence-corrected chi connectivity index (χ4v) is 1.89. The summed E-state index contributed by atoms with van der Waals surface area (Å²) in [7, 11) is 0. The topological polar surface area (TPSA) is 67.0 Å². The molecule has 0 saturated heterocycles. The average molecular weight is 267 g/mol. The Morgan fingerprint density at radius 3 is 2.63 bits per heavy atom. The predicted molar refractivity (Wildman–Crippen MR) is 76.3 cm³/mol. The molecule has 1 heterocycles. The van der Waals surface area contributed by atoms with E-state index in [0.717, 1.165) is 5.69 Å². The van der Waals surface area contributed by atoms with Crippen molar-refractivity contribution >= 4 is 0 Å². The molecule has 0 fully saturated rings. The van der Waals surface area contributed by atoms with E-state index >= 15 is 0 Å². The van der Waals surface area contributed by atoms with Crippen molar-refractivity contribution in [2.75, 3.05) is 13.2 Å². The molecule has 1 aromatic rings. The maximum Gasteiger partial charge on any atom is 0.251 e. The molecule has 2 N–H and O–H groups in total. The Labute approximate surface area is 114 Å². The third-order valence-electron chi connectivity index (χ3n) is 3.07. The van der Waals surface area contributed by atoms with Gasteiger partial charge in [0.15, 0.2) is 0 Å². The Kier molecular flexibility index (Phi) is 6.18. The standard InChI is InChI=1S/C14H25N3O2/c1-6-19-8-12(9(2)3)16-11(5)14-15-10(4)7-13(18)17-14/h7,9,11-12,16H,6,8H2,1-5H3,(H,15,17,18). The Morgan fingerprint density at radius 2 is 2.11 bits per heavy atom. The van der Waals surface area contributed by atoms with Crippen molar-refractivity contribution in [1.82, 2.24) is 15.3 Å². The quantitative estimate of drug-likeness (QED) is 0.790. The number of nitrogens with one attached hydrogen (secondary N) is 2. The van der Waals surface area contributed by atoms with Crippen molar-refractivity contribution in [2.24, 2.45) is 5.92 Å². The number of H-pyrrole nitrogens is 1. The number of aromatic amines is 1. The van der Waals surface area contributed by atoms with Crippen molar-refractivity contribution in [3.63, 3.8) is 0 Å². The summed E-state index contributed by atoms with van der Waals surface area (Å²) in [5.41, 5.74) is 0.625. The van der Waals surface area contributed by atoms with E-state index in [-0.39, 0.29) is 17.6 Å². The highest BCUT2D eigenvalue weighted by Crippen LogP contribution is 2.11. The van der Waals surface area contributed by atoms with Gasteiger partial charge in [-0.2, -0.15) is 0 Å². The molecule has 0 saturated carbocycles. The lowest BCUT2D eigenvalue weighted by molar-refractivity contribution is 0.104. The Morgan fingerprint density at radius 1 is 1.42 bits per heavy atom. The lowest BCUT2D eigenvalue weighted by Crippen LogP contribution is -2.40. The molecule has 0 bridgehead atoms. The van der Waals surface area contributed by atoms with E-state index in [2.05, 4.69) is 29.1 Å². The fraction of sp³-hybridized carbons (Fsp3) is 0.714. The van der Waals surface area contributed by atoms with E-state index in [1.165, 1.54) is 6.07 Å². The first-order valence-electron chi connectivity index (χ1n) is 6.85. The minimum absolute atomic E-state index is 0.0135. The molecule has 0 spiro atoms. The number of hydrogen-bond acceptors (Lipinski definition) is 4. The van der Waals surface area contributed by atoms with Crippen LogP contribution < -0.4 is 10.9 Å². The first-order chi connectivity index (χ1) is 8.93. The highest BCUT2D eigenvalue weighted by atomic mass is 16.5. The number of nitrogens with zero attached hydrogens (tertiary/aromatic N) is 1. The molecular formula is C14H25N3O2. The molecule has 0 aliphatic rings. The van der Waals surface area contributed by atoms with Crippen molar-refractivity contribution in [1.29, 1.82) is 0 Å². The van der Waals surface area contributed by atoms with Crippen LogP contribution in [0.2, 0.25) is 0 Å². The fourth-order valence-electron chi connectivity index (χ4n) is 1.89. The summed E-state index contributed by atoms with van der Waals surface area (Å²) in [4.78, 5) is 18.6. The number of aromatic nitrogens is 2.